The van der Waals surface area contributed by atoms with Crippen molar-refractivity contribution >= 4 is 11.8 Å². The Balaban J connectivity index is 2.08. The third kappa shape index (κ3) is 2.19. The number of phenols is 1. The second-order valence-electron chi connectivity index (χ2n) is 3.48. The molecule has 0 unspecified atom stereocenters. The number of aromatic nitrogens is 3. The van der Waals surface area contributed by atoms with Crippen LogP contribution in [0.25, 0.3) is 0 Å². The molecule has 0 atom stereocenters. The fourth-order valence-corrected chi connectivity index (χ4v) is 2.22. The predicted octanol–water partition coefficient (Wildman–Crippen LogP) is 2.12. The van der Waals surface area contributed by atoms with Crippen molar-refractivity contribution in [2.24, 2.45) is 7.05 Å². The van der Waals surface area contributed by atoms with Crippen LogP contribution in [-0.4, -0.2) is 19.9 Å². The molecule has 4 nitrogen and oxygen atoms in total. The molecular weight excluding hydrogens is 222 g/mol. The first-order valence-electron chi connectivity index (χ1n) is 4.94. The van der Waals surface area contributed by atoms with Gasteiger partial charge in [-0.25, -0.2) is 0 Å². The van der Waals surface area contributed by atoms with E-state index >= 15 is 0 Å². The zero-order chi connectivity index (χ0) is 11.5. The van der Waals surface area contributed by atoms with Gasteiger partial charge in [-0.3, -0.25) is 0 Å². The first-order chi connectivity index (χ1) is 7.68. The molecule has 1 aromatic heterocycles. The molecule has 0 saturated heterocycles. The highest BCUT2D eigenvalue weighted by atomic mass is 32.2. The molecule has 2 aromatic rings. The van der Waals surface area contributed by atoms with Crippen LogP contribution in [-0.2, 0) is 12.8 Å². The topological polar surface area (TPSA) is 50.9 Å². The van der Waals surface area contributed by atoms with Crippen molar-refractivity contribution in [1.82, 2.24) is 14.8 Å². The summed E-state index contributed by atoms with van der Waals surface area (Å²) < 4.78 is 1.95. The standard InChI is InChI=1S/C11H13N3OS/c1-8-12-13-11(14(8)2)7-16-10-6-4-3-5-9(10)15/h3-6,15H,7H2,1-2H3. The summed E-state index contributed by atoms with van der Waals surface area (Å²) in [6.07, 6.45) is 0. The van der Waals surface area contributed by atoms with E-state index in [4.69, 9.17) is 0 Å². The van der Waals surface area contributed by atoms with E-state index in [2.05, 4.69) is 10.2 Å². The van der Waals surface area contributed by atoms with E-state index in [0.29, 0.717) is 11.5 Å². The Bertz CT molecular complexity index is 496. The van der Waals surface area contributed by atoms with Crippen LogP contribution < -0.4 is 0 Å². The van der Waals surface area contributed by atoms with E-state index in [0.717, 1.165) is 16.5 Å². The Kier molecular flexibility index (Phi) is 3.14. The molecule has 1 aromatic carbocycles. The van der Waals surface area contributed by atoms with Crippen molar-refractivity contribution in [3.63, 3.8) is 0 Å². The fourth-order valence-electron chi connectivity index (χ4n) is 1.30. The highest BCUT2D eigenvalue weighted by Gasteiger charge is 2.07. The van der Waals surface area contributed by atoms with Gasteiger partial charge in [0.05, 0.1) is 5.75 Å². The number of para-hydroxylation sites is 1. The van der Waals surface area contributed by atoms with Crippen LogP contribution in [0.2, 0.25) is 0 Å². The van der Waals surface area contributed by atoms with E-state index in [9.17, 15) is 5.11 Å². The molecule has 16 heavy (non-hydrogen) atoms. The summed E-state index contributed by atoms with van der Waals surface area (Å²) in [6, 6.07) is 7.29. The third-order valence-corrected chi connectivity index (χ3v) is 3.46. The molecule has 0 aliphatic carbocycles. The second kappa shape index (κ2) is 4.57. The number of nitrogens with zero attached hydrogens (tertiary/aromatic N) is 3. The maximum absolute atomic E-state index is 9.60. The first kappa shape index (κ1) is 11.0. The van der Waals surface area contributed by atoms with Gasteiger partial charge in [-0.15, -0.1) is 22.0 Å². The molecule has 0 amide bonds. The van der Waals surface area contributed by atoms with Crippen molar-refractivity contribution < 1.29 is 5.11 Å². The van der Waals surface area contributed by atoms with Gasteiger partial charge in [0.15, 0.2) is 0 Å². The van der Waals surface area contributed by atoms with Gasteiger partial charge < -0.3 is 9.67 Å². The maximum Gasteiger partial charge on any atom is 0.143 e. The summed E-state index contributed by atoms with van der Waals surface area (Å²) in [5.74, 6) is 2.82. The number of thioether (sulfide) groups is 1. The zero-order valence-electron chi connectivity index (χ0n) is 9.21. The van der Waals surface area contributed by atoms with Crippen LogP contribution in [0.15, 0.2) is 29.2 Å². The summed E-state index contributed by atoms with van der Waals surface area (Å²) in [4.78, 5) is 0.864. The molecule has 0 fully saturated rings. The number of aryl methyl sites for hydroxylation is 1. The third-order valence-electron chi connectivity index (χ3n) is 2.40. The summed E-state index contributed by atoms with van der Waals surface area (Å²) in [7, 11) is 1.94. The number of benzene rings is 1. The molecule has 1 N–H and O–H groups in total. The predicted molar refractivity (Wildman–Crippen MR) is 63.4 cm³/mol. The molecule has 0 saturated carbocycles. The number of hydrogen-bond acceptors (Lipinski definition) is 4. The van der Waals surface area contributed by atoms with Crippen LogP contribution >= 0.6 is 11.8 Å². The Morgan fingerprint density at radius 1 is 1.31 bits per heavy atom. The molecule has 0 radical (unpaired) electrons. The second-order valence-corrected chi connectivity index (χ2v) is 4.50. The van der Waals surface area contributed by atoms with Crippen LogP contribution in [0.1, 0.15) is 11.6 Å². The molecule has 5 heteroatoms. The number of hydrogen-bond donors (Lipinski definition) is 1. The average molecular weight is 235 g/mol. The molecule has 84 valence electrons. The highest BCUT2D eigenvalue weighted by Crippen LogP contribution is 2.29. The van der Waals surface area contributed by atoms with E-state index in [1.165, 1.54) is 0 Å². The van der Waals surface area contributed by atoms with Gasteiger partial charge >= 0.3 is 0 Å². The lowest BCUT2D eigenvalue weighted by Gasteiger charge is -2.03. The van der Waals surface area contributed by atoms with Crippen molar-refractivity contribution in [3.8, 4) is 5.75 Å². The van der Waals surface area contributed by atoms with E-state index < -0.39 is 0 Å². The summed E-state index contributed by atoms with van der Waals surface area (Å²) in [6.45, 7) is 1.92. The van der Waals surface area contributed by atoms with Gasteiger partial charge in [-0.05, 0) is 19.1 Å². The minimum Gasteiger partial charge on any atom is -0.507 e. The monoisotopic (exact) mass is 235 g/mol. The smallest absolute Gasteiger partial charge is 0.143 e. The SMILES string of the molecule is Cc1nnc(CSc2ccccc2O)n1C. The Morgan fingerprint density at radius 2 is 2.06 bits per heavy atom. The molecule has 0 bridgehead atoms. The van der Waals surface area contributed by atoms with E-state index in [-0.39, 0.29) is 0 Å². The van der Waals surface area contributed by atoms with Crippen LogP contribution in [0.5, 0.6) is 5.75 Å². The normalized spacial score (nSPS) is 10.6. The number of phenolic OH excluding ortho intramolecular Hbond substituents is 1. The molecule has 0 aliphatic rings. The molecule has 0 aliphatic heterocycles. The van der Waals surface area contributed by atoms with E-state index in [1.54, 1.807) is 17.8 Å². The summed E-state index contributed by atoms with van der Waals surface area (Å²) >= 11 is 1.55. The molecular formula is C11H13N3OS. The van der Waals surface area contributed by atoms with Gasteiger partial charge in [-0.1, -0.05) is 12.1 Å². The quantitative estimate of drug-likeness (QED) is 0.828. The minimum atomic E-state index is 0.311. The Morgan fingerprint density at radius 3 is 2.69 bits per heavy atom. The van der Waals surface area contributed by atoms with Crippen LogP contribution in [0.4, 0.5) is 0 Å². The lowest BCUT2D eigenvalue weighted by atomic mass is 10.3. The first-order valence-corrected chi connectivity index (χ1v) is 5.92. The summed E-state index contributed by atoms with van der Waals surface area (Å²) in [5.41, 5.74) is 0. The Hall–Kier alpha value is -1.49. The average Bonchev–Trinajstić information content (AvgIpc) is 2.59. The van der Waals surface area contributed by atoms with Crippen molar-refractivity contribution in [1.29, 1.82) is 0 Å². The highest BCUT2D eigenvalue weighted by molar-refractivity contribution is 7.98. The minimum absolute atomic E-state index is 0.311. The van der Waals surface area contributed by atoms with Gasteiger partial charge in [0.1, 0.15) is 17.4 Å². The van der Waals surface area contributed by atoms with Gasteiger partial charge in [0.25, 0.3) is 0 Å². The number of aromatic hydroxyl groups is 1. The van der Waals surface area contributed by atoms with Gasteiger partial charge in [0, 0.05) is 11.9 Å². The van der Waals surface area contributed by atoms with Crippen molar-refractivity contribution in [2.45, 2.75) is 17.6 Å². The van der Waals surface area contributed by atoms with E-state index in [1.807, 2.05) is 36.7 Å². The fraction of sp³-hybridized carbons (Fsp3) is 0.273. The molecule has 2 rings (SSSR count). The van der Waals surface area contributed by atoms with Gasteiger partial charge in [0.2, 0.25) is 0 Å². The van der Waals surface area contributed by atoms with Crippen LogP contribution in [0.3, 0.4) is 0 Å². The maximum atomic E-state index is 9.60. The Labute approximate surface area is 98.3 Å². The lowest BCUT2D eigenvalue weighted by molar-refractivity contribution is 0.462. The van der Waals surface area contributed by atoms with Crippen molar-refractivity contribution in [2.75, 3.05) is 0 Å². The molecule has 1 heterocycles. The van der Waals surface area contributed by atoms with Crippen LogP contribution in [0, 0.1) is 6.92 Å². The van der Waals surface area contributed by atoms with Crippen molar-refractivity contribution in [3.05, 3.63) is 35.9 Å². The van der Waals surface area contributed by atoms with Gasteiger partial charge in [-0.2, -0.15) is 0 Å². The molecule has 0 spiro atoms. The summed E-state index contributed by atoms with van der Waals surface area (Å²) in [5, 5.41) is 17.7. The zero-order valence-corrected chi connectivity index (χ0v) is 10.0. The number of rotatable bonds is 3. The largest absolute Gasteiger partial charge is 0.507 e. The lowest BCUT2D eigenvalue weighted by Crippen LogP contribution is -1.97.